The maximum Gasteiger partial charge on any atom is 0.0417 e. The van der Waals surface area contributed by atoms with Crippen LogP contribution in [-0.2, 0) is 6.54 Å². The zero-order chi connectivity index (χ0) is 14.4. The molecule has 1 aromatic rings. The van der Waals surface area contributed by atoms with Crippen LogP contribution < -0.4 is 5.32 Å². The largest absolute Gasteiger partial charge is 0.317 e. The molecular weight excluding hydrogens is 336 g/mol. The van der Waals surface area contributed by atoms with Gasteiger partial charge in [0.1, 0.15) is 0 Å². The average Bonchev–Trinajstić information content (AvgIpc) is 2.43. The lowest BCUT2D eigenvalue weighted by atomic mass is 9.97. The predicted molar refractivity (Wildman–Crippen MR) is 90.3 cm³/mol. The highest BCUT2D eigenvalue weighted by atomic mass is 79.9. The Morgan fingerprint density at radius 3 is 2.75 bits per heavy atom. The molecule has 0 spiro atoms. The Morgan fingerprint density at radius 1 is 1.35 bits per heavy atom. The van der Waals surface area contributed by atoms with E-state index in [1.54, 1.807) is 0 Å². The zero-order valence-corrected chi connectivity index (χ0v) is 14.5. The summed E-state index contributed by atoms with van der Waals surface area (Å²) in [5, 5.41) is 4.24. The lowest BCUT2D eigenvalue weighted by Gasteiger charge is -2.30. The highest BCUT2D eigenvalue weighted by Crippen LogP contribution is 2.24. The minimum Gasteiger partial charge on any atom is -0.317 e. The van der Waals surface area contributed by atoms with Gasteiger partial charge in [0.25, 0.3) is 0 Å². The molecule has 1 aliphatic heterocycles. The highest BCUT2D eigenvalue weighted by Gasteiger charge is 2.17. The molecule has 20 heavy (non-hydrogen) atoms. The lowest BCUT2D eigenvalue weighted by molar-refractivity contribution is 0.198. The summed E-state index contributed by atoms with van der Waals surface area (Å²) in [5.41, 5.74) is 1.33. The first-order valence-corrected chi connectivity index (χ1v) is 8.73. The maximum atomic E-state index is 6.02. The molecule has 2 nitrogen and oxygen atoms in total. The molecule has 4 heteroatoms. The standard InChI is InChI=1S/C16H24BrClN2/c1-2-9-20(11-13-5-7-19-8-6-13)12-14-3-4-15(18)10-16(14)17/h3-4,10,13,19H,2,5-9,11-12H2,1H3. The number of hydrogen-bond donors (Lipinski definition) is 1. The van der Waals surface area contributed by atoms with Crippen molar-refractivity contribution in [1.82, 2.24) is 10.2 Å². The van der Waals surface area contributed by atoms with E-state index in [0.29, 0.717) is 0 Å². The summed E-state index contributed by atoms with van der Waals surface area (Å²) in [6.45, 7) is 8.00. The third-order valence-corrected chi connectivity index (χ3v) is 4.90. The average molecular weight is 360 g/mol. The van der Waals surface area contributed by atoms with Crippen molar-refractivity contribution < 1.29 is 0 Å². The molecule has 1 aromatic carbocycles. The summed E-state index contributed by atoms with van der Waals surface area (Å²) in [7, 11) is 0. The molecule has 0 unspecified atom stereocenters. The van der Waals surface area contributed by atoms with Crippen molar-refractivity contribution in [3.8, 4) is 0 Å². The number of rotatable bonds is 6. The van der Waals surface area contributed by atoms with Gasteiger partial charge in [-0.15, -0.1) is 0 Å². The minimum absolute atomic E-state index is 0.793. The van der Waals surface area contributed by atoms with Crippen LogP contribution in [0.5, 0.6) is 0 Å². The quantitative estimate of drug-likeness (QED) is 0.814. The lowest BCUT2D eigenvalue weighted by Crippen LogP contribution is -2.36. The third kappa shape index (κ3) is 5.03. The summed E-state index contributed by atoms with van der Waals surface area (Å²) in [6.07, 6.45) is 3.82. The fraction of sp³-hybridized carbons (Fsp3) is 0.625. The number of piperidine rings is 1. The van der Waals surface area contributed by atoms with Crippen LogP contribution in [0.3, 0.4) is 0 Å². The third-order valence-electron chi connectivity index (χ3n) is 3.92. The van der Waals surface area contributed by atoms with Crippen LogP contribution in [0.1, 0.15) is 31.7 Å². The number of halogens is 2. The number of hydrogen-bond acceptors (Lipinski definition) is 2. The Labute approximate surface area is 136 Å². The normalized spacial score (nSPS) is 16.8. The van der Waals surface area contributed by atoms with E-state index in [0.717, 1.165) is 22.0 Å². The second-order valence-electron chi connectivity index (χ2n) is 5.66. The second kappa shape index (κ2) is 8.38. The van der Waals surface area contributed by atoms with Crippen molar-refractivity contribution in [3.05, 3.63) is 33.3 Å². The van der Waals surface area contributed by atoms with Gasteiger partial charge < -0.3 is 5.32 Å². The molecule has 112 valence electrons. The van der Waals surface area contributed by atoms with Crippen molar-refractivity contribution in [2.45, 2.75) is 32.7 Å². The van der Waals surface area contributed by atoms with Gasteiger partial charge in [-0.2, -0.15) is 0 Å². The van der Waals surface area contributed by atoms with Gasteiger partial charge in [0.15, 0.2) is 0 Å². The molecule has 1 heterocycles. The van der Waals surface area contributed by atoms with Crippen LogP contribution in [-0.4, -0.2) is 31.1 Å². The number of nitrogens with zero attached hydrogens (tertiary/aromatic N) is 1. The van der Waals surface area contributed by atoms with Crippen LogP contribution in [0.15, 0.2) is 22.7 Å². The molecule has 0 aliphatic carbocycles. The van der Waals surface area contributed by atoms with E-state index in [1.165, 1.54) is 51.0 Å². The topological polar surface area (TPSA) is 15.3 Å². The monoisotopic (exact) mass is 358 g/mol. The molecular formula is C16H24BrClN2. The molecule has 1 N–H and O–H groups in total. The predicted octanol–water partition coefficient (Wildman–Crippen LogP) is 4.31. The van der Waals surface area contributed by atoms with Gasteiger partial charge in [-0.1, -0.05) is 40.5 Å². The Balaban J connectivity index is 1.96. The van der Waals surface area contributed by atoms with Crippen molar-refractivity contribution in [2.24, 2.45) is 5.92 Å². The van der Waals surface area contributed by atoms with Crippen LogP contribution in [0.25, 0.3) is 0 Å². The number of nitrogens with one attached hydrogen (secondary N) is 1. The Morgan fingerprint density at radius 2 is 2.10 bits per heavy atom. The van der Waals surface area contributed by atoms with Crippen LogP contribution in [0, 0.1) is 5.92 Å². The SMILES string of the molecule is CCCN(Cc1ccc(Cl)cc1Br)CC1CCNCC1. The van der Waals surface area contributed by atoms with E-state index in [4.69, 9.17) is 11.6 Å². The van der Waals surface area contributed by atoms with E-state index in [2.05, 4.69) is 39.1 Å². The smallest absolute Gasteiger partial charge is 0.0417 e. The van der Waals surface area contributed by atoms with Gasteiger partial charge in [-0.3, -0.25) is 4.90 Å². The van der Waals surface area contributed by atoms with Crippen LogP contribution in [0.2, 0.25) is 5.02 Å². The van der Waals surface area contributed by atoms with Gasteiger partial charge in [-0.05, 0) is 62.5 Å². The highest BCUT2D eigenvalue weighted by molar-refractivity contribution is 9.10. The molecule has 0 saturated carbocycles. The Kier molecular flexibility index (Phi) is 6.82. The molecule has 1 aliphatic rings. The van der Waals surface area contributed by atoms with Crippen molar-refractivity contribution in [2.75, 3.05) is 26.2 Å². The van der Waals surface area contributed by atoms with Crippen LogP contribution >= 0.6 is 27.5 Å². The van der Waals surface area contributed by atoms with Crippen molar-refractivity contribution >= 4 is 27.5 Å². The molecule has 0 bridgehead atoms. The van der Waals surface area contributed by atoms with Gasteiger partial charge in [0.2, 0.25) is 0 Å². The fourth-order valence-corrected chi connectivity index (χ4v) is 3.68. The first-order valence-electron chi connectivity index (χ1n) is 7.56. The maximum absolute atomic E-state index is 6.02. The summed E-state index contributed by atoms with van der Waals surface area (Å²) in [6, 6.07) is 6.11. The molecule has 2 rings (SSSR count). The first-order chi connectivity index (χ1) is 9.69. The molecule has 0 aromatic heterocycles. The molecule has 0 atom stereocenters. The second-order valence-corrected chi connectivity index (χ2v) is 6.95. The minimum atomic E-state index is 0.793. The Hall–Kier alpha value is -0.0900. The van der Waals surface area contributed by atoms with Gasteiger partial charge in [0, 0.05) is 22.6 Å². The molecule has 0 amide bonds. The van der Waals surface area contributed by atoms with E-state index in [-0.39, 0.29) is 0 Å². The first kappa shape index (κ1) is 16.3. The zero-order valence-electron chi connectivity index (χ0n) is 12.2. The molecule has 1 fully saturated rings. The molecule has 0 radical (unpaired) electrons. The fourth-order valence-electron chi connectivity index (χ4n) is 2.87. The van der Waals surface area contributed by atoms with E-state index in [9.17, 15) is 0 Å². The van der Waals surface area contributed by atoms with Crippen molar-refractivity contribution in [1.29, 1.82) is 0 Å². The van der Waals surface area contributed by atoms with Gasteiger partial charge in [-0.25, -0.2) is 0 Å². The van der Waals surface area contributed by atoms with Crippen LogP contribution in [0.4, 0.5) is 0 Å². The summed E-state index contributed by atoms with van der Waals surface area (Å²) < 4.78 is 1.12. The van der Waals surface area contributed by atoms with E-state index >= 15 is 0 Å². The Bertz CT molecular complexity index is 419. The summed E-state index contributed by atoms with van der Waals surface area (Å²) >= 11 is 9.65. The van der Waals surface area contributed by atoms with E-state index in [1.807, 2.05) is 12.1 Å². The van der Waals surface area contributed by atoms with Crippen molar-refractivity contribution in [3.63, 3.8) is 0 Å². The molecule has 1 saturated heterocycles. The number of benzene rings is 1. The summed E-state index contributed by atoms with van der Waals surface area (Å²) in [5.74, 6) is 0.842. The van der Waals surface area contributed by atoms with Gasteiger partial charge >= 0.3 is 0 Å². The summed E-state index contributed by atoms with van der Waals surface area (Å²) in [4.78, 5) is 2.59. The van der Waals surface area contributed by atoms with E-state index < -0.39 is 0 Å². The van der Waals surface area contributed by atoms with Gasteiger partial charge in [0.05, 0.1) is 0 Å².